The van der Waals surface area contributed by atoms with Crippen LogP contribution < -0.4 is 18.9 Å². The summed E-state index contributed by atoms with van der Waals surface area (Å²) in [7, 11) is 6.58. The molecule has 0 unspecified atom stereocenters. The summed E-state index contributed by atoms with van der Waals surface area (Å²) >= 11 is 0. The van der Waals surface area contributed by atoms with Crippen LogP contribution in [0.2, 0.25) is 0 Å². The van der Waals surface area contributed by atoms with Gasteiger partial charge in [-0.3, -0.25) is 0 Å². The van der Waals surface area contributed by atoms with Gasteiger partial charge in [-0.1, -0.05) is 17.3 Å². The van der Waals surface area contributed by atoms with Gasteiger partial charge in [0.05, 0.1) is 39.8 Å². The highest BCUT2D eigenvalue weighted by Crippen LogP contribution is 2.35. The van der Waals surface area contributed by atoms with Crippen molar-refractivity contribution < 1.29 is 23.8 Å². The van der Waals surface area contributed by atoms with E-state index in [0.29, 0.717) is 18.1 Å². The van der Waals surface area contributed by atoms with Crippen molar-refractivity contribution in [3.8, 4) is 39.9 Å². The number of methoxy groups -OCH3 is 4. The molecule has 192 valence electrons. The monoisotopic (exact) mass is 500 g/mol. The first-order chi connectivity index (χ1) is 18.0. The third kappa shape index (κ3) is 5.56. The van der Waals surface area contributed by atoms with Crippen molar-refractivity contribution >= 4 is 5.71 Å². The number of hydrogen-bond donors (Lipinski definition) is 0. The topological polar surface area (TPSA) is 63.4 Å². The molecule has 0 atom stereocenters. The van der Waals surface area contributed by atoms with Gasteiger partial charge in [0, 0.05) is 23.0 Å². The van der Waals surface area contributed by atoms with Gasteiger partial charge in [0.1, 0.15) is 18.1 Å². The molecular weight excluding hydrogens is 468 g/mol. The Morgan fingerprint density at radius 3 is 1.95 bits per heavy atom. The summed E-state index contributed by atoms with van der Waals surface area (Å²) in [6, 6.07) is 23.7. The first-order valence-corrected chi connectivity index (χ1v) is 11.9. The fourth-order valence-electron chi connectivity index (χ4n) is 4.22. The van der Waals surface area contributed by atoms with Crippen LogP contribution in [0.15, 0.2) is 78.0 Å². The second kappa shape index (κ2) is 11.6. The van der Waals surface area contributed by atoms with Crippen molar-refractivity contribution in [2.45, 2.75) is 20.5 Å². The van der Waals surface area contributed by atoms with Crippen molar-refractivity contribution in [1.29, 1.82) is 0 Å². The second-order valence-corrected chi connectivity index (χ2v) is 8.43. The van der Waals surface area contributed by atoms with Crippen molar-refractivity contribution in [1.82, 2.24) is 4.57 Å². The normalized spacial score (nSPS) is 11.2. The highest BCUT2D eigenvalue weighted by molar-refractivity contribution is 6.01. The fourth-order valence-corrected chi connectivity index (χ4v) is 4.22. The molecule has 1 aromatic heterocycles. The predicted octanol–water partition coefficient (Wildman–Crippen LogP) is 6.43. The number of benzene rings is 3. The fraction of sp³-hybridized carbons (Fsp3) is 0.233. The number of nitrogens with zero attached hydrogens (tertiary/aromatic N) is 2. The number of oxime groups is 1. The van der Waals surface area contributed by atoms with Crippen LogP contribution >= 0.6 is 0 Å². The van der Waals surface area contributed by atoms with E-state index in [0.717, 1.165) is 51.0 Å². The molecule has 1 heterocycles. The molecule has 0 aliphatic heterocycles. The van der Waals surface area contributed by atoms with E-state index in [2.05, 4.69) is 22.7 Å². The lowest BCUT2D eigenvalue weighted by Gasteiger charge is -2.15. The van der Waals surface area contributed by atoms with Gasteiger partial charge >= 0.3 is 0 Å². The van der Waals surface area contributed by atoms with Gasteiger partial charge in [-0.25, -0.2) is 0 Å². The Bertz CT molecular complexity index is 1370. The standard InChI is InChI=1S/C30H32N2O5/c1-20(31-37-19-22-7-12-25(33-3)13-8-22)27-18-28(23-9-14-26(34-4)15-10-23)32(21(27)2)24-11-16-29(35-5)30(17-24)36-6/h7-18H,19H2,1-6H3/b31-20-. The molecule has 7 heteroatoms. The number of rotatable bonds is 10. The molecular formula is C30H32N2O5. The quantitative estimate of drug-likeness (QED) is 0.186. The summed E-state index contributed by atoms with van der Waals surface area (Å²) in [5, 5.41) is 4.43. The zero-order valence-electron chi connectivity index (χ0n) is 22.1. The summed E-state index contributed by atoms with van der Waals surface area (Å²) in [5.41, 5.74) is 6.78. The first kappa shape index (κ1) is 25.7. The molecule has 0 spiro atoms. The summed E-state index contributed by atoms with van der Waals surface area (Å²) in [6.45, 7) is 4.39. The minimum absolute atomic E-state index is 0.363. The highest BCUT2D eigenvalue weighted by Gasteiger charge is 2.18. The van der Waals surface area contributed by atoms with Gasteiger partial charge in [-0.15, -0.1) is 0 Å². The molecule has 7 nitrogen and oxygen atoms in total. The maximum atomic E-state index is 5.71. The Balaban J connectivity index is 1.72. The number of ether oxygens (including phenoxy) is 4. The Morgan fingerprint density at radius 1 is 0.730 bits per heavy atom. The van der Waals surface area contributed by atoms with Crippen LogP contribution in [-0.2, 0) is 11.4 Å². The van der Waals surface area contributed by atoms with E-state index in [-0.39, 0.29) is 0 Å². The van der Waals surface area contributed by atoms with E-state index in [1.807, 2.05) is 73.7 Å². The molecule has 0 saturated carbocycles. The first-order valence-electron chi connectivity index (χ1n) is 11.9. The van der Waals surface area contributed by atoms with Crippen LogP contribution in [-0.4, -0.2) is 38.7 Å². The molecule has 0 fully saturated rings. The van der Waals surface area contributed by atoms with Gasteiger partial charge in [-0.05, 0) is 79.6 Å². The minimum Gasteiger partial charge on any atom is -0.497 e. The smallest absolute Gasteiger partial charge is 0.162 e. The van der Waals surface area contributed by atoms with Crippen LogP contribution in [0.1, 0.15) is 23.7 Å². The summed E-state index contributed by atoms with van der Waals surface area (Å²) in [5.74, 6) is 2.94. The average molecular weight is 501 g/mol. The van der Waals surface area contributed by atoms with E-state index < -0.39 is 0 Å². The van der Waals surface area contributed by atoms with Gasteiger partial charge in [0.25, 0.3) is 0 Å². The van der Waals surface area contributed by atoms with E-state index in [1.165, 1.54) is 0 Å². The summed E-state index contributed by atoms with van der Waals surface area (Å²) < 4.78 is 23.8. The second-order valence-electron chi connectivity index (χ2n) is 8.43. The van der Waals surface area contributed by atoms with Gasteiger partial charge in [0.15, 0.2) is 11.5 Å². The van der Waals surface area contributed by atoms with Gasteiger partial charge in [-0.2, -0.15) is 0 Å². The molecule has 4 aromatic rings. The van der Waals surface area contributed by atoms with E-state index in [1.54, 1.807) is 28.4 Å². The lowest BCUT2D eigenvalue weighted by Crippen LogP contribution is -2.03. The van der Waals surface area contributed by atoms with Crippen LogP contribution in [0, 0.1) is 6.92 Å². The third-order valence-corrected chi connectivity index (χ3v) is 6.24. The predicted molar refractivity (Wildman–Crippen MR) is 146 cm³/mol. The zero-order valence-corrected chi connectivity index (χ0v) is 22.1. The van der Waals surface area contributed by atoms with Crippen LogP contribution in [0.4, 0.5) is 0 Å². The Hall–Kier alpha value is -4.39. The summed E-state index contributed by atoms with van der Waals surface area (Å²) in [6.07, 6.45) is 0. The van der Waals surface area contributed by atoms with Crippen molar-refractivity contribution in [3.05, 3.63) is 89.6 Å². The van der Waals surface area contributed by atoms with Gasteiger partial charge < -0.3 is 28.4 Å². The molecule has 0 bridgehead atoms. The maximum absolute atomic E-state index is 5.71. The van der Waals surface area contributed by atoms with E-state index >= 15 is 0 Å². The number of aromatic nitrogens is 1. The molecule has 0 N–H and O–H groups in total. The SMILES string of the molecule is COc1ccc(CO/N=C(/C)c2cc(-c3ccc(OC)cc3)n(-c3ccc(OC)c(OC)c3)c2C)cc1. The minimum atomic E-state index is 0.363. The lowest BCUT2D eigenvalue weighted by molar-refractivity contribution is 0.130. The van der Waals surface area contributed by atoms with E-state index in [9.17, 15) is 0 Å². The molecule has 0 radical (unpaired) electrons. The molecule has 0 aliphatic carbocycles. The average Bonchev–Trinajstić information content (AvgIpc) is 3.29. The Labute approximate surface area is 217 Å². The van der Waals surface area contributed by atoms with Gasteiger partial charge in [0.2, 0.25) is 0 Å². The molecule has 0 amide bonds. The van der Waals surface area contributed by atoms with Crippen molar-refractivity contribution in [3.63, 3.8) is 0 Å². The molecule has 3 aromatic carbocycles. The van der Waals surface area contributed by atoms with Crippen molar-refractivity contribution in [2.75, 3.05) is 28.4 Å². The maximum Gasteiger partial charge on any atom is 0.162 e. The van der Waals surface area contributed by atoms with Crippen molar-refractivity contribution in [2.24, 2.45) is 5.16 Å². The molecule has 0 saturated heterocycles. The highest BCUT2D eigenvalue weighted by atomic mass is 16.6. The Kier molecular flexibility index (Phi) is 8.03. The number of hydrogen-bond acceptors (Lipinski definition) is 6. The third-order valence-electron chi connectivity index (χ3n) is 6.24. The lowest BCUT2D eigenvalue weighted by atomic mass is 10.1. The largest absolute Gasteiger partial charge is 0.497 e. The van der Waals surface area contributed by atoms with Crippen LogP contribution in [0.3, 0.4) is 0 Å². The molecule has 37 heavy (non-hydrogen) atoms. The Morgan fingerprint density at radius 2 is 1.35 bits per heavy atom. The van der Waals surface area contributed by atoms with E-state index in [4.69, 9.17) is 23.8 Å². The molecule has 4 rings (SSSR count). The molecule has 0 aliphatic rings. The van der Waals surface area contributed by atoms with Crippen LogP contribution in [0.25, 0.3) is 16.9 Å². The zero-order chi connectivity index (χ0) is 26.4. The summed E-state index contributed by atoms with van der Waals surface area (Å²) in [4.78, 5) is 5.71. The van der Waals surface area contributed by atoms with Crippen LogP contribution in [0.5, 0.6) is 23.0 Å².